The van der Waals surface area contributed by atoms with Crippen molar-refractivity contribution in [1.82, 2.24) is 9.80 Å². The molecule has 0 saturated carbocycles. The van der Waals surface area contributed by atoms with Crippen molar-refractivity contribution in [2.75, 3.05) is 33.7 Å². The highest BCUT2D eigenvalue weighted by molar-refractivity contribution is 5.35. The molecule has 0 spiro atoms. The Bertz CT molecular complexity index is 364. The number of hydrogen-bond acceptors (Lipinski definition) is 3. The molecule has 0 aliphatic carbocycles. The second kappa shape index (κ2) is 7.39. The highest BCUT2D eigenvalue weighted by Gasteiger charge is 2.09. The third-order valence-corrected chi connectivity index (χ3v) is 3.03. The van der Waals surface area contributed by atoms with E-state index in [1.165, 1.54) is 5.56 Å². The monoisotopic (exact) mass is 250 g/mol. The lowest BCUT2D eigenvalue weighted by atomic mass is 10.1. The fraction of sp³-hybridized carbons (Fsp3) is 0.600. The van der Waals surface area contributed by atoms with Crippen molar-refractivity contribution >= 4 is 0 Å². The van der Waals surface area contributed by atoms with Crippen LogP contribution in [0.15, 0.2) is 18.2 Å². The Kier molecular flexibility index (Phi) is 6.16. The lowest BCUT2D eigenvalue weighted by Crippen LogP contribution is -2.32. The van der Waals surface area contributed by atoms with E-state index in [9.17, 15) is 5.11 Å². The highest BCUT2D eigenvalue weighted by atomic mass is 16.3. The van der Waals surface area contributed by atoms with Crippen LogP contribution in [0.3, 0.4) is 0 Å². The number of hydrogen-bond donors (Lipinski definition) is 1. The molecule has 0 amide bonds. The fourth-order valence-corrected chi connectivity index (χ4v) is 2.01. The summed E-state index contributed by atoms with van der Waals surface area (Å²) in [6, 6.07) is 5.82. The molecule has 0 saturated heterocycles. The Hall–Kier alpha value is -1.06. The van der Waals surface area contributed by atoms with E-state index in [1.54, 1.807) is 6.07 Å². The Morgan fingerprint density at radius 3 is 2.44 bits per heavy atom. The summed E-state index contributed by atoms with van der Waals surface area (Å²) in [5.74, 6) is 0.409. The largest absolute Gasteiger partial charge is 0.508 e. The van der Waals surface area contributed by atoms with Gasteiger partial charge < -0.3 is 10.0 Å². The molecule has 0 heterocycles. The Morgan fingerprint density at radius 1 is 1.11 bits per heavy atom. The van der Waals surface area contributed by atoms with Crippen molar-refractivity contribution in [3.8, 4) is 5.75 Å². The SMILES string of the molecule is CCCN(CCN(C)C)Cc1cc(C)ccc1O. The van der Waals surface area contributed by atoms with Crippen LogP contribution in [0.4, 0.5) is 0 Å². The summed E-state index contributed by atoms with van der Waals surface area (Å²) in [6.07, 6.45) is 1.14. The minimum absolute atomic E-state index is 0.409. The summed E-state index contributed by atoms with van der Waals surface area (Å²) in [7, 11) is 4.18. The molecule has 0 unspecified atom stereocenters. The molecule has 18 heavy (non-hydrogen) atoms. The van der Waals surface area contributed by atoms with E-state index in [-0.39, 0.29) is 0 Å². The van der Waals surface area contributed by atoms with Crippen molar-refractivity contribution in [2.24, 2.45) is 0 Å². The van der Waals surface area contributed by atoms with Crippen LogP contribution in [-0.2, 0) is 6.54 Å². The molecule has 102 valence electrons. The smallest absolute Gasteiger partial charge is 0.120 e. The minimum atomic E-state index is 0.409. The molecule has 0 aliphatic rings. The third kappa shape index (κ3) is 5.07. The maximum absolute atomic E-state index is 9.89. The van der Waals surface area contributed by atoms with Gasteiger partial charge in [0.15, 0.2) is 0 Å². The van der Waals surface area contributed by atoms with Gasteiger partial charge in [0.2, 0.25) is 0 Å². The van der Waals surface area contributed by atoms with E-state index in [0.717, 1.165) is 38.2 Å². The number of benzene rings is 1. The summed E-state index contributed by atoms with van der Waals surface area (Å²) in [5, 5.41) is 9.89. The Morgan fingerprint density at radius 2 is 1.83 bits per heavy atom. The molecule has 0 aromatic heterocycles. The summed E-state index contributed by atoms with van der Waals surface area (Å²) in [4.78, 5) is 4.59. The third-order valence-electron chi connectivity index (χ3n) is 3.03. The Balaban J connectivity index is 2.66. The van der Waals surface area contributed by atoms with Crippen LogP contribution in [0.1, 0.15) is 24.5 Å². The maximum atomic E-state index is 9.89. The molecular weight excluding hydrogens is 224 g/mol. The van der Waals surface area contributed by atoms with Gasteiger partial charge in [-0.05, 0) is 40.1 Å². The lowest BCUT2D eigenvalue weighted by Gasteiger charge is -2.24. The van der Waals surface area contributed by atoms with Gasteiger partial charge in [0.1, 0.15) is 5.75 Å². The number of rotatable bonds is 7. The summed E-state index contributed by atoms with van der Waals surface area (Å²) in [6.45, 7) is 8.24. The first-order valence-electron chi connectivity index (χ1n) is 6.68. The van der Waals surface area contributed by atoms with Gasteiger partial charge in [0, 0.05) is 25.2 Å². The van der Waals surface area contributed by atoms with Gasteiger partial charge in [-0.3, -0.25) is 4.90 Å². The number of aromatic hydroxyl groups is 1. The molecule has 1 aromatic rings. The number of likely N-dealkylation sites (N-methyl/N-ethyl adjacent to an activating group) is 1. The van der Waals surface area contributed by atoms with Gasteiger partial charge >= 0.3 is 0 Å². The van der Waals surface area contributed by atoms with Crippen molar-refractivity contribution < 1.29 is 5.11 Å². The van der Waals surface area contributed by atoms with Gasteiger partial charge in [0.25, 0.3) is 0 Å². The predicted molar refractivity (Wildman–Crippen MR) is 77.0 cm³/mol. The predicted octanol–water partition coefficient (Wildman–Crippen LogP) is 2.47. The van der Waals surface area contributed by atoms with Crippen LogP contribution in [0, 0.1) is 6.92 Å². The van der Waals surface area contributed by atoms with Crippen LogP contribution in [-0.4, -0.2) is 48.6 Å². The molecule has 3 nitrogen and oxygen atoms in total. The van der Waals surface area contributed by atoms with E-state index in [0.29, 0.717) is 5.75 Å². The molecule has 0 fully saturated rings. The first kappa shape index (κ1) is 15.0. The molecule has 1 rings (SSSR count). The molecule has 1 aromatic carbocycles. The van der Waals surface area contributed by atoms with Crippen LogP contribution >= 0.6 is 0 Å². The number of phenolic OH excluding ortho intramolecular Hbond substituents is 1. The number of phenols is 1. The number of aryl methyl sites for hydroxylation is 1. The maximum Gasteiger partial charge on any atom is 0.120 e. The van der Waals surface area contributed by atoms with Crippen LogP contribution in [0.2, 0.25) is 0 Å². The lowest BCUT2D eigenvalue weighted by molar-refractivity contribution is 0.231. The van der Waals surface area contributed by atoms with E-state index in [1.807, 2.05) is 6.07 Å². The van der Waals surface area contributed by atoms with E-state index in [4.69, 9.17) is 0 Å². The van der Waals surface area contributed by atoms with Crippen LogP contribution in [0.25, 0.3) is 0 Å². The number of nitrogens with zero attached hydrogens (tertiary/aromatic N) is 2. The first-order chi connectivity index (χ1) is 8.52. The average molecular weight is 250 g/mol. The summed E-state index contributed by atoms with van der Waals surface area (Å²) >= 11 is 0. The summed E-state index contributed by atoms with van der Waals surface area (Å²) in [5.41, 5.74) is 2.23. The first-order valence-corrected chi connectivity index (χ1v) is 6.68. The molecule has 3 heteroatoms. The normalized spacial score (nSPS) is 11.4. The Labute approximate surface area is 111 Å². The molecule has 0 radical (unpaired) electrons. The van der Waals surface area contributed by atoms with Gasteiger partial charge in [-0.1, -0.05) is 24.6 Å². The standard InChI is InChI=1S/C15H26N2O/c1-5-8-17(10-9-16(3)4)12-14-11-13(2)6-7-15(14)18/h6-7,11,18H,5,8-10,12H2,1-4H3. The van der Waals surface area contributed by atoms with E-state index < -0.39 is 0 Å². The van der Waals surface area contributed by atoms with E-state index in [2.05, 4.69) is 43.8 Å². The van der Waals surface area contributed by atoms with Gasteiger partial charge in [-0.15, -0.1) is 0 Å². The fourth-order valence-electron chi connectivity index (χ4n) is 2.01. The van der Waals surface area contributed by atoms with Crippen molar-refractivity contribution in [3.63, 3.8) is 0 Å². The van der Waals surface area contributed by atoms with Gasteiger partial charge in [-0.2, -0.15) is 0 Å². The zero-order chi connectivity index (χ0) is 13.5. The zero-order valence-electron chi connectivity index (χ0n) is 12.1. The quantitative estimate of drug-likeness (QED) is 0.805. The molecule has 1 N–H and O–H groups in total. The second-order valence-electron chi connectivity index (χ2n) is 5.21. The van der Waals surface area contributed by atoms with Gasteiger partial charge in [0.05, 0.1) is 0 Å². The minimum Gasteiger partial charge on any atom is -0.508 e. The highest BCUT2D eigenvalue weighted by Crippen LogP contribution is 2.20. The van der Waals surface area contributed by atoms with E-state index >= 15 is 0 Å². The molecule has 0 bridgehead atoms. The zero-order valence-corrected chi connectivity index (χ0v) is 12.1. The average Bonchev–Trinajstić information content (AvgIpc) is 2.31. The second-order valence-corrected chi connectivity index (χ2v) is 5.21. The van der Waals surface area contributed by atoms with Crippen LogP contribution < -0.4 is 0 Å². The summed E-state index contributed by atoms with van der Waals surface area (Å²) < 4.78 is 0. The van der Waals surface area contributed by atoms with Crippen molar-refractivity contribution in [2.45, 2.75) is 26.8 Å². The molecule has 0 aliphatic heterocycles. The van der Waals surface area contributed by atoms with Crippen molar-refractivity contribution in [1.29, 1.82) is 0 Å². The van der Waals surface area contributed by atoms with Crippen LogP contribution in [0.5, 0.6) is 5.75 Å². The van der Waals surface area contributed by atoms with Gasteiger partial charge in [-0.25, -0.2) is 0 Å². The topological polar surface area (TPSA) is 26.7 Å². The molecular formula is C15H26N2O. The molecule has 0 atom stereocenters. The van der Waals surface area contributed by atoms with Crippen molar-refractivity contribution in [3.05, 3.63) is 29.3 Å².